The van der Waals surface area contributed by atoms with Crippen LogP contribution in [0.1, 0.15) is 33.5 Å². The Labute approximate surface area is 114 Å². The van der Waals surface area contributed by atoms with Gasteiger partial charge >= 0.3 is 7.12 Å². The first-order valence-corrected chi connectivity index (χ1v) is 6.35. The molecule has 1 aliphatic heterocycles. The Hall–Kier alpha value is -0.655. The Balaban J connectivity index is 2.17. The summed E-state index contributed by atoms with van der Waals surface area (Å²) >= 11 is 3.12. The van der Waals surface area contributed by atoms with E-state index in [1.54, 1.807) is 6.07 Å². The molecule has 0 amide bonds. The lowest BCUT2D eigenvalue weighted by molar-refractivity contribution is 0.00578. The minimum absolute atomic E-state index is 0.300. The molecule has 1 saturated heterocycles. The molecule has 0 spiro atoms. The fourth-order valence-corrected chi connectivity index (χ4v) is 1.79. The summed E-state index contributed by atoms with van der Waals surface area (Å²) in [6.07, 6.45) is 1.21. The molecule has 2 rings (SSSR count). The molecule has 1 aromatic heterocycles. The molecule has 1 aliphatic rings. The first kappa shape index (κ1) is 13.8. The van der Waals surface area contributed by atoms with Crippen LogP contribution >= 0.6 is 15.9 Å². The lowest BCUT2D eigenvalue weighted by Gasteiger charge is -2.32. The van der Waals surface area contributed by atoms with Crippen LogP contribution in [0.15, 0.2) is 20.9 Å². The molecule has 4 nitrogen and oxygen atoms in total. The third-order valence-electron chi connectivity index (χ3n) is 3.26. The van der Waals surface area contributed by atoms with Crippen molar-refractivity contribution >= 4 is 29.1 Å². The molecule has 0 radical (unpaired) electrons. The average molecular weight is 318 g/mol. The van der Waals surface area contributed by atoms with Crippen molar-refractivity contribution in [1.82, 2.24) is 5.16 Å². The molecule has 0 atom stereocenters. The summed E-state index contributed by atoms with van der Waals surface area (Å²) in [4.78, 5) is 0. The highest BCUT2D eigenvalue weighted by Crippen LogP contribution is 2.39. The Kier molecular flexibility index (Phi) is 3.42. The maximum absolute atomic E-state index is 14.0. The standard InChI is InChI=1S/C11H14BBrFNO3/c1-10(2)11(3,4)18-12(17-10)8(14)5-7-6-9(13)15-16-7/h5-6H,1-4H3. The molecular formula is C11H14BBrFNO3. The highest BCUT2D eigenvalue weighted by atomic mass is 79.9. The van der Waals surface area contributed by atoms with Gasteiger partial charge < -0.3 is 13.8 Å². The van der Waals surface area contributed by atoms with Gasteiger partial charge in [0, 0.05) is 12.1 Å². The van der Waals surface area contributed by atoms with E-state index in [2.05, 4.69) is 21.1 Å². The van der Waals surface area contributed by atoms with Gasteiger partial charge in [-0.15, -0.1) is 0 Å². The van der Waals surface area contributed by atoms with Gasteiger partial charge in [-0.05, 0) is 43.6 Å². The second-order valence-electron chi connectivity index (χ2n) is 5.17. The van der Waals surface area contributed by atoms with Crippen LogP contribution in [0.4, 0.5) is 4.39 Å². The Morgan fingerprint density at radius 3 is 2.33 bits per heavy atom. The van der Waals surface area contributed by atoms with Gasteiger partial charge in [0.05, 0.1) is 11.2 Å². The summed E-state index contributed by atoms with van der Waals surface area (Å²) in [5, 5.41) is 3.60. The zero-order valence-corrected chi connectivity index (χ0v) is 12.2. The van der Waals surface area contributed by atoms with E-state index in [0.29, 0.717) is 10.4 Å². The van der Waals surface area contributed by atoms with Crippen molar-refractivity contribution in [2.45, 2.75) is 38.9 Å². The predicted molar refractivity (Wildman–Crippen MR) is 69.4 cm³/mol. The molecule has 0 N–H and O–H groups in total. The Morgan fingerprint density at radius 2 is 1.89 bits per heavy atom. The molecule has 1 aromatic rings. The van der Waals surface area contributed by atoms with Gasteiger partial charge in [-0.3, -0.25) is 0 Å². The van der Waals surface area contributed by atoms with E-state index in [1.165, 1.54) is 6.08 Å². The third-order valence-corrected chi connectivity index (χ3v) is 3.63. The normalized spacial score (nSPS) is 22.6. The third kappa shape index (κ3) is 2.53. The Morgan fingerprint density at radius 1 is 1.33 bits per heavy atom. The molecule has 0 unspecified atom stereocenters. The van der Waals surface area contributed by atoms with E-state index in [1.807, 2.05) is 27.7 Å². The number of hydrogen-bond donors (Lipinski definition) is 0. The van der Waals surface area contributed by atoms with Crippen molar-refractivity contribution in [3.8, 4) is 0 Å². The van der Waals surface area contributed by atoms with Crippen LogP contribution in [0.2, 0.25) is 0 Å². The molecule has 0 aromatic carbocycles. The van der Waals surface area contributed by atoms with Crippen LogP contribution in [0.5, 0.6) is 0 Å². The topological polar surface area (TPSA) is 44.5 Å². The highest BCUT2D eigenvalue weighted by Gasteiger charge is 2.53. The molecule has 0 saturated carbocycles. The van der Waals surface area contributed by atoms with Crippen LogP contribution in [0.25, 0.3) is 6.08 Å². The lowest BCUT2D eigenvalue weighted by atomic mass is 9.87. The number of hydrogen-bond acceptors (Lipinski definition) is 4. The molecular weight excluding hydrogens is 304 g/mol. The quantitative estimate of drug-likeness (QED) is 0.784. The van der Waals surface area contributed by atoms with Crippen LogP contribution in [-0.4, -0.2) is 23.5 Å². The maximum Gasteiger partial charge on any atom is 0.525 e. The van der Waals surface area contributed by atoms with Crippen LogP contribution < -0.4 is 0 Å². The zero-order chi connectivity index (χ0) is 13.6. The smallest absolute Gasteiger partial charge is 0.398 e. The van der Waals surface area contributed by atoms with Gasteiger partial charge in [0.2, 0.25) is 0 Å². The summed E-state index contributed by atoms with van der Waals surface area (Å²) in [5.74, 6) is 0.300. The minimum atomic E-state index is -1.01. The van der Waals surface area contributed by atoms with Crippen LogP contribution in [0, 0.1) is 0 Å². The molecule has 0 aliphatic carbocycles. The van der Waals surface area contributed by atoms with E-state index in [4.69, 9.17) is 13.8 Å². The summed E-state index contributed by atoms with van der Waals surface area (Å²) in [5.41, 5.74) is -1.67. The second-order valence-corrected chi connectivity index (χ2v) is 5.98. The van der Waals surface area contributed by atoms with E-state index in [9.17, 15) is 4.39 Å². The van der Waals surface area contributed by atoms with Gasteiger partial charge in [-0.25, -0.2) is 4.39 Å². The highest BCUT2D eigenvalue weighted by molar-refractivity contribution is 9.10. The van der Waals surface area contributed by atoms with E-state index < -0.39 is 24.0 Å². The number of aromatic nitrogens is 1. The largest absolute Gasteiger partial charge is 0.525 e. The summed E-state index contributed by atoms with van der Waals surface area (Å²) in [6, 6.07) is 1.56. The van der Waals surface area contributed by atoms with Crippen molar-refractivity contribution in [1.29, 1.82) is 0 Å². The van der Waals surface area contributed by atoms with E-state index >= 15 is 0 Å². The SMILES string of the molecule is CC1(C)OB(C(F)=Cc2cc(Br)no2)OC1(C)C. The minimum Gasteiger partial charge on any atom is -0.398 e. The van der Waals surface area contributed by atoms with Gasteiger partial charge in [-0.2, -0.15) is 0 Å². The van der Waals surface area contributed by atoms with Gasteiger partial charge in [0.1, 0.15) is 10.3 Å². The molecule has 7 heteroatoms. The average Bonchev–Trinajstić information content (AvgIpc) is 2.70. The molecule has 2 heterocycles. The zero-order valence-electron chi connectivity index (χ0n) is 10.7. The van der Waals surface area contributed by atoms with Crippen molar-refractivity contribution in [3.63, 3.8) is 0 Å². The molecule has 18 heavy (non-hydrogen) atoms. The van der Waals surface area contributed by atoms with Crippen molar-refractivity contribution in [2.24, 2.45) is 0 Å². The molecule has 98 valence electrons. The van der Waals surface area contributed by atoms with E-state index in [0.717, 1.165) is 0 Å². The predicted octanol–water partition coefficient (Wildman–Crippen LogP) is 3.38. The fourth-order valence-electron chi connectivity index (χ4n) is 1.49. The number of nitrogens with zero attached hydrogens (tertiary/aromatic N) is 1. The van der Waals surface area contributed by atoms with Crippen LogP contribution in [0.3, 0.4) is 0 Å². The van der Waals surface area contributed by atoms with Gasteiger partial charge in [0.25, 0.3) is 0 Å². The maximum atomic E-state index is 14.0. The summed E-state index contributed by atoms with van der Waals surface area (Å²) in [6.45, 7) is 7.47. The first-order chi connectivity index (χ1) is 8.21. The van der Waals surface area contributed by atoms with Crippen molar-refractivity contribution < 1.29 is 18.2 Å². The van der Waals surface area contributed by atoms with Gasteiger partial charge in [-0.1, -0.05) is 5.16 Å². The number of rotatable bonds is 2. The summed E-state index contributed by atoms with van der Waals surface area (Å²) < 4.78 is 30.5. The number of halogens is 2. The second kappa shape index (κ2) is 4.47. The lowest BCUT2D eigenvalue weighted by Crippen LogP contribution is -2.41. The molecule has 1 fully saturated rings. The summed E-state index contributed by atoms with van der Waals surface area (Å²) in [7, 11) is -1.01. The van der Waals surface area contributed by atoms with Crippen LogP contribution in [-0.2, 0) is 9.31 Å². The Bertz CT molecular complexity index is 470. The van der Waals surface area contributed by atoms with E-state index in [-0.39, 0.29) is 0 Å². The first-order valence-electron chi connectivity index (χ1n) is 5.56. The van der Waals surface area contributed by atoms with Crippen molar-refractivity contribution in [2.75, 3.05) is 0 Å². The fraction of sp³-hybridized carbons (Fsp3) is 0.545. The van der Waals surface area contributed by atoms with Crippen molar-refractivity contribution in [3.05, 3.63) is 22.2 Å². The van der Waals surface area contributed by atoms with Gasteiger partial charge in [0.15, 0.2) is 5.76 Å². The monoisotopic (exact) mass is 317 g/mol. The molecule has 0 bridgehead atoms.